The molecule has 5 nitrogen and oxygen atoms in total. The number of hydrogen-bond donors (Lipinski definition) is 2. The van der Waals surface area contributed by atoms with Crippen LogP contribution in [0.15, 0.2) is 28.7 Å². The number of nitrogens with one attached hydrogen (secondary N) is 2. The molecule has 0 amide bonds. The van der Waals surface area contributed by atoms with Crippen molar-refractivity contribution in [1.82, 2.24) is 15.5 Å². The number of hydrogen-bond acceptors (Lipinski definition) is 5. The summed E-state index contributed by atoms with van der Waals surface area (Å²) in [7, 11) is 0. The molecule has 0 saturated heterocycles. The second-order valence-electron chi connectivity index (χ2n) is 4.64. The van der Waals surface area contributed by atoms with Crippen LogP contribution in [0.2, 0.25) is 0 Å². The van der Waals surface area contributed by atoms with Gasteiger partial charge in [-0.2, -0.15) is 0 Å². The van der Waals surface area contributed by atoms with Crippen LogP contribution in [-0.2, 0) is 0 Å². The van der Waals surface area contributed by atoms with Gasteiger partial charge in [-0.3, -0.25) is 0 Å². The predicted molar refractivity (Wildman–Crippen MR) is 74.8 cm³/mol. The summed E-state index contributed by atoms with van der Waals surface area (Å²) in [4.78, 5) is 0. The highest BCUT2D eigenvalue weighted by Gasteiger charge is 2.14. The predicted octanol–water partition coefficient (Wildman–Crippen LogP) is 3.05. The molecule has 1 aromatic heterocycles. The van der Waals surface area contributed by atoms with E-state index in [4.69, 9.17) is 4.42 Å². The lowest BCUT2D eigenvalue weighted by atomic mass is 10.1. The quantitative estimate of drug-likeness (QED) is 0.850. The molecule has 0 fully saturated rings. The van der Waals surface area contributed by atoms with E-state index in [9.17, 15) is 4.39 Å². The molecule has 2 rings (SSSR count). The zero-order valence-electron chi connectivity index (χ0n) is 11.9. The zero-order chi connectivity index (χ0) is 14.5. The van der Waals surface area contributed by atoms with E-state index in [-0.39, 0.29) is 17.9 Å². The molecular formula is C14H19FN4O. The van der Waals surface area contributed by atoms with Crippen molar-refractivity contribution < 1.29 is 8.81 Å². The van der Waals surface area contributed by atoms with Crippen LogP contribution in [0, 0.1) is 5.82 Å². The van der Waals surface area contributed by atoms with Crippen LogP contribution in [-0.4, -0.2) is 16.7 Å². The topological polar surface area (TPSA) is 63.0 Å². The SMILES string of the molecule is CCNC(C)c1nnc(NC(C)c2ccc(F)cc2)o1. The van der Waals surface area contributed by atoms with Crippen LogP contribution in [0.3, 0.4) is 0 Å². The summed E-state index contributed by atoms with van der Waals surface area (Å²) in [5, 5.41) is 14.3. The number of anilines is 1. The van der Waals surface area contributed by atoms with E-state index in [0.717, 1.165) is 12.1 Å². The Bertz CT molecular complexity index is 540. The Balaban J connectivity index is 2.01. The van der Waals surface area contributed by atoms with Crippen LogP contribution in [0.4, 0.5) is 10.4 Å². The van der Waals surface area contributed by atoms with Crippen molar-refractivity contribution in [3.8, 4) is 0 Å². The maximum absolute atomic E-state index is 12.9. The Kier molecular flexibility index (Phi) is 4.68. The summed E-state index contributed by atoms with van der Waals surface area (Å²) in [6.07, 6.45) is 0. The lowest BCUT2D eigenvalue weighted by molar-refractivity contribution is 0.427. The highest BCUT2D eigenvalue weighted by molar-refractivity contribution is 5.28. The van der Waals surface area contributed by atoms with Gasteiger partial charge in [-0.1, -0.05) is 24.2 Å². The van der Waals surface area contributed by atoms with Gasteiger partial charge in [-0.15, -0.1) is 5.10 Å². The Labute approximate surface area is 117 Å². The van der Waals surface area contributed by atoms with E-state index in [0.29, 0.717) is 11.9 Å². The lowest BCUT2D eigenvalue weighted by Gasteiger charge is -2.12. The molecule has 1 aromatic carbocycles. The second kappa shape index (κ2) is 6.47. The van der Waals surface area contributed by atoms with E-state index >= 15 is 0 Å². The normalized spacial score (nSPS) is 14.0. The largest absolute Gasteiger partial charge is 0.406 e. The van der Waals surface area contributed by atoms with Gasteiger partial charge in [0.25, 0.3) is 0 Å². The molecular weight excluding hydrogens is 259 g/mol. The highest BCUT2D eigenvalue weighted by atomic mass is 19.1. The van der Waals surface area contributed by atoms with Crippen molar-refractivity contribution in [3.63, 3.8) is 0 Å². The van der Waals surface area contributed by atoms with E-state index < -0.39 is 0 Å². The van der Waals surface area contributed by atoms with Crippen molar-refractivity contribution in [2.45, 2.75) is 32.9 Å². The van der Waals surface area contributed by atoms with Crippen molar-refractivity contribution in [2.24, 2.45) is 0 Å². The van der Waals surface area contributed by atoms with Crippen LogP contribution in [0.5, 0.6) is 0 Å². The third-order valence-electron chi connectivity index (χ3n) is 3.03. The number of aromatic nitrogens is 2. The Morgan fingerprint density at radius 3 is 2.50 bits per heavy atom. The lowest BCUT2D eigenvalue weighted by Crippen LogP contribution is -2.17. The van der Waals surface area contributed by atoms with Crippen molar-refractivity contribution >= 4 is 6.01 Å². The average Bonchev–Trinajstić information content (AvgIpc) is 2.88. The van der Waals surface area contributed by atoms with Crippen LogP contribution >= 0.6 is 0 Å². The van der Waals surface area contributed by atoms with Gasteiger partial charge in [-0.25, -0.2) is 4.39 Å². The first kappa shape index (κ1) is 14.5. The average molecular weight is 278 g/mol. The van der Waals surface area contributed by atoms with Crippen LogP contribution in [0.25, 0.3) is 0 Å². The van der Waals surface area contributed by atoms with Gasteiger partial charge in [0.15, 0.2) is 0 Å². The third kappa shape index (κ3) is 3.54. The molecule has 108 valence electrons. The molecule has 20 heavy (non-hydrogen) atoms. The molecule has 0 aliphatic carbocycles. The smallest absolute Gasteiger partial charge is 0.315 e. The van der Waals surface area contributed by atoms with Crippen LogP contribution in [0.1, 0.15) is 44.3 Å². The van der Waals surface area contributed by atoms with Gasteiger partial charge in [-0.05, 0) is 38.1 Å². The number of rotatable bonds is 6. The Morgan fingerprint density at radius 2 is 1.85 bits per heavy atom. The number of nitrogens with zero attached hydrogens (tertiary/aromatic N) is 2. The Hall–Kier alpha value is -1.95. The summed E-state index contributed by atoms with van der Waals surface area (Å²) in [6, 6.07) is 6.65. The van der Waals surface area contributed by atoms with Crippen molar-refractivity contribution in [3.05, 3.63) is 41.5 Å². The molecule has 2 atom stereocenters. The molecule has 2 aromatic rings. The highest BCUT2D eigenvalue weighted by Crippen LogP contribution is 2.20. The first-order chi connectivity index (χ1) is 9.60. The van der Waals surface area contributed by atoms with Crippen LogP contribution < -0.4 is 10.6 Å². The summed E-state index contributed by atoms with van der Waals surface area (Å²) >= 11 is 0. The first-order valence-electron chi connectivity index (χ1n) is 6.69. The summed E-state index contributed by atoms with van der Waals surface area (Å²) in [5.41, 5.74) is 0.950. The summed E-state index contributed by atoms with van der Waals surface area (Å²) in [5.74, 6) is 0.293. The fourth-order valence-electron chi connectivity index (χ4n) is 1.88. The summed E-state index contributed by atoms with van der Waals surface area (Å²) in [6.45, 7) is 6.76. The molecule has 6 heteroatoms. The minimum atomic E-state index is -0.250. The van der Waals surface area contributed by atoms with Gasteiger partial charge in [0.1, 0.15) is 5.82 Å². The molecule has 2 unspecified atom stereocenters. The van der Waals surface area contributed by atoms with Gasteiger partial charge in [0.2, 0.25) is 5.89 Å². The van der Waals surface area contributed by atoms with Gasteiger partial charge >= 0.3 is 6.01 Å². The van der Waals surface area contributed by atoms with E-state index in [1.165, 1.54) is 12.1 Å². The molecule has 0 spiro atoms. The standard InChI is InChI=1S/C14H19FN4O/c1-4-16-10(3)13-18-19-14(20-13)17-9(2)11-5-7-12(15)8-6-11/h5-10,16H,4H2,1-3H3,(H,17,19). The molecule has 0 saturated carbocycles. The zero-order valence-corrected chi connectivity index (χ0v) is 11.9. The van der Waals surface area contributed by atoms with E-state index in [1.54, 1.807) is 12.1 Å². The summed E-state index contributed by atoms with van der Waals surface area (Å²) < 4.78 is 18.4. The van der Waals surface area contributed by atoms with Gasteiger partial charge < -0.3 is 15.1 Å². The minimum Gasteiger partial charge on any atom is -0.406 e. The first-order valence-corrected chi connectivity index (χ1v) is 6.69. The van der Waals surface area contributed by atoms with E-state index in [2.05, 4.69) is 20.8 Å². The molecule has 1 heterocycles. The Morgan fingerprint density at radius 1 is 1.15 bits per heavy atom. The van der Waals surface area contributed by atoms with Gasteiger partial charge in [0.05, 0.1) is 12.1 Å². The third-order valence-corrected chi connectivity index (χ3v) is 3.03. The monoisotopic (exact) mass is 278 g/mol. The van der Waals surface area contributed by atoms with Crippen molar-refractivity contribution in [2.75, 3.05) is 11.9 Å². The maximum Gasteiger partial charge on any atom is 0.315 e. The van der Waals surface area contributed by atoms with E-state index in [1.807, 2.05) is 20.8 Å². The molecule has 2 N–H and O–H groups in total. The fourth-order valence-corrected chi connectivity index (χ4v) is 1.88. The molecule has 0 aliphatic heterocycles. The molecule has 0 radical (unpaired) electrons. The number of benzene rings is 1. The number of halogens is 1. The second-order valence-corrected chi connectivity index (χ2v) is 4.64. The van der Waals surface area contributed by atoms with Crippen molar-refractivity contribution in [1.29, 1.82) is 0 Å². The molecule has 0 bridgehead atoms. The molecule has 0 aliphatic rings. The minimum absolute atomic E-state index is 0.0178. The maximum atomic E-state index is 12.9. The fraction of sp³-hybridized carbons (Fsp3) is 0.429. The van der Waals surface area contributed by atoms with Gasteiger partial charge in [0, 0.05) is 0 Å².